The molecule has 3 heterocycles. The smallest absolute Gasteiger partial charge is 0.226 e. The van der Waals surface area contributed by atoms with Gasteiger partial charge in [-0.15, -0.1) is 16.7 Å². The summed E-state index contributed by atoms with van der Waals surface area (Å²) in [4.78, 5) is 5.39. The van der Waals surface area contributed by atoms with E-state index in [0.717, 1.165) is 37.9 Å². The van der Waals surface area contributed by atoms with Crippen LogP contribution in [0.15, 0.2) is 5.10 Å². The molecule has 0 bridgehead atoms. The lowest BCUT2D eigenvalue weighted by Gasteiger charge is -2.40. The van der Waals surface area contributed by atoms with Gasteiger partial charge in [-0.2, -0.15) is 0 Å². The summed E-state index contributed by atoms with van der Waals surface area (Å²) in [6.45, 7) is 8.01. The lowest BCUT2D eigenvalue weighted by molar-refractivity contribution is 0.0775. The predicted octanol–water partition coefficient (Wildman–Crippen LogP) is 3.52. The molecule has 2 unspecified atom stereocenters. The van der Waals surface area contributed by atoms with Crippen LogP contribution in [0, 0.1) is 0 Å². The molecule has 1 saturated carbocycles. The second kappa shape index (κ2) is 9.80. The van der Waals surface area contributed by atoms with E-state index in [1.165, 1.54) is 84.1 Å². The summed E-state index contributed by atoms with van der Waals surface area (Å²) in [6.07, 6.45) is 13.1. The molecule has 4 aliphatic rings. The zero-order valence-electron chi connectivity index (χ0n) is 16.8. The van der Waals surface area contributed by atoms with E-state index < -0.39 is 0 Å². The highest BCUT2D eigenvalue weighted by Crippen LogP contribution is 2.29. The first kappa shape index (κ1) is 19.8. The maximum absolute atomic E-state index is 6.55. The summed E-state index contributed by atoms with van der Waals surface area (Å²) in [5, 5.41) is 6.72. The van der Waals surface area contributed by atoms with Crippen LogP contribution in [0.3, 0.4) is 0 Å². The summed E-state index contributed by atoms with van der Waals surface area (Å²) in [5.74, 6) is 0.768. The highest BCUT2D eigenvalue weighted by Gasteiger charge is 2.38. The molecule has 0 radical (unpaired) electrons. The van der Waals surface area contributed by atoms with Crippen LogP contribution in [0.5, 0.6) is 0 Å². The first-order valence-electron chi connectivity index (χ1n) is 11.4. The molecule has 3 fully saturated rings. The van der Waals surface area contributed by atoms with Crippen molar-refractivity contribution in [2.45, 2.75) is 81.7 Å². The van der Waals surface area contributed by atoms with E-state index in [2.05, 4.69) is 19.9 Å². The Kier molecular flexibility index (Phi) is 7.18. The zero-order valence-corrected chi connectivity index (χ0v) is 17.6. The molecule has 3 aliphatic heterocycles. The highest BCUT2D eigenvalue weighted by molar-refractivity contribution is 6.31. The fourth-order valence-corrected chi connectivity index (χ4v) is 5.59. The summed E-state index contributed by atoms with van der Waals surface area (Å²) in [6, 6.07) is 1.25. The zero-order chi connectivity index (χ0) is 18.5. The molecule has 4 rings (SSSR count). The first-order chi connectivity index (χ1) is 13.3. The van der Waals surface area contributed by atoms with Crippen molar-refractivity contribution in [1.82, 2.24) is 14.8 Å². The third-order valence-corrected chi connectivity index (χ3v) is 7.41. The number of ether oxygens (including phenoxy) is 1. The number of halogens is 1. The maximum Gasteiger partial charge on any atom is 0.226 e. The molecule has 2 atom stereocenters. The van der Waals surface area contributed by atoms with Gasteiger partial charge in [0.15, 0.2) is 0 Å². The largest absolute Gasteiger partial charge is 0.479 e. The topological polar surface area (TPSA) is 31.3 Å². The molecule has 2 saturated heterocycles. The lowest BCUT2D eigenvalue weighted by atomic mass is 9.94. The normalized spacial score (nSPS) is 31.0. The Morgan fingerprint density at radius 1 is 0.889 bits per heavy atom. The second-order valence-electron chi connectivity index (χ2n) is 8.79. The minimum absolute atomic E-state index is 0.0434. The third-order valence-electron chi connectivity index (χ3n) is 6.94. The number of piperazine rings is 1. The van der Waals surface area contributed by atoms with Gasteiger partial charge in [0.05, 0.1) is 12.6 Å². The third kappa shape index (κ3) is 5.10. The van der Waals surface area contributed by atoms with Gasteiger partial charge in [0.2, 0.25) is 5.90 Å². The Bertz CT molecular complexity index is 489. The number of rotatable bonds is 6. The fourth-order valence-electron chi connectivity index (χ4n) is 5.23. The molecule has 5 nitrogen and oxygen atoms in total. The monoisotopic (exact) mass is 396 g/mol. The summed E-state index contributed by atoms with van der Waals surface area (Å²) < 4.78 is 5.94. The first-order valence-corrected chi connectivity index (χ1v) is 11.8. The summed E-state index contributed by atoms with van der Waals surface area (Å²) >= 11 is 6.55. The van der Waals surface area contributed by atoms with Crippen molar-refractivity contribution in [3.8, 4) is 0 Å². The van der Waals surface area contributed by atoms with Crippen molar-refractivity contribution < 1.29 is 4.74 Å². The molecule has 0 aromatic carbocycles. The molecule has 0 amide bonds. The van der Waals surface area contributed by atoms with E-state index in [-0.39, 0.29) is 5.38 Å². The SMILES string of the molecule is ClC1C(OCCCCN2CCN(C3CCCCC3)CC2)=NN2CCCCC12. The molecule has 0 aromatic rings. The molecule has 1 aliphatic carbocycles. The van der Waals surface area contributed by atoms with Crippen molar-refractivity contribution in [2.75, 3.05) is 45.9 Å². The van der Waals surface area contributed by atoms with Gasteiger partial charge in [0, 0.05) is 38.8 Å². The number of piperidine rings is 1. The number of unbranched alkanes of at least 4 members (excludes halogenated alkanes) is 1. The number of hydrazone groups is 1. The van der Waals surface area contributed by atoms with Crippen LogP contribution in [-0.4, -0.2) is 84.0 Å². The van der Waals surface area contributed by atoms with Crippen molar-refractivity contribution in [2.24, 2.45) is 5.10 Å². The van der Waals surface area contributed by atoms with Gasteiger partial charge in [-0.1, -0.05) is 19.3 Å². The summed E-state index contributed by atoms with van der Waals surface area (Å²) in [5.41, 5.74) is 0. The Hall–Kier alpha value is -0.520. The van der Waals surface area contributed by atoms with Crippen LogP contribution in [-0.2, 0) is 4.74 Å². The van der Waals surface area contributed by atoms with Gasteiger partial charge in [0.25, 0.3) is 0 Å². The van der Waals surface area contributed by atoms with Gasteiger partial charge in [0.1, 0.15) is 5.38 Å². The fraction of sp³-hybridized carbons (Fsp3) is 0.952. The molecule has 0 spiro atoms. The van der Waals surface area contributed by atoms with Gasteiger partial charge in [-0.25, -0.2) is 0 Å². The number of hydrogen-bond acceptors (Lipinski definition) is 5. The quantitative estimate of drug-likeness (QED) is 0.507. The Morgan fingerprint density at radius 3 is 2.44 bits per heavy atom. The second-order valence-corrected chi connectivity index (χ2v) is 9.26. The van der Waals surface area contributed by atoms with Crippen LogP contribution in [0.4, 0.5) is 0 Å². The minimum Gasteiger partial charge on any atom is -0.479 e. The highest BCUT2D eigenvalue weighted by atomic mass is 35.5. The Labute approximate surface area is 170 Å². The molecular weight excluding hydrogens is 360 g/mol. The average molecular weight is 397 g/mol. The van der Waals surface area contributed by atoms with Gasteiger partial charge in [-0.05, 0) is 51.5 Å². The Morgan fingerprint density at radius 2 is 1.67 bits per heavy atom. The van der Waals surface area contributed by atoms with E-state index >= 15 is 0 Å². The molecule has 0 aromatic heterocycles. The molecular formula is C21H37ClN4O. The van der Waals surface area contributed by atoms with Crippen molar-refractivity contribution >= 4 is 17.5 Å². The molecule has 6 heteroatoms. The van der Waals surface area contributed by atoms with E-state index in [1.54, 1.807) is 0 Å². The predicted molar refractivity (Wildman–Crippen MR) is 111 cm³/mol. The molecule has 0 N–H and O–H groups in total. The lowest BCUT2D eigenvalue weighted by Crippen LogP contribution is -2.50. The van der Waals surface area contributed by atoms with Crippen molar-refractivity contribution in [3.63, 3.8) is 0 Å². The van der Waals surface area contributed by atoms with E-state index in [9.17, 15) is 0 Å². The summed E-state index contributed by atoms with van der Waals surface area (Å²) in [7, 11) is 0. The van der Waals surface area contributed by atoms with Gasteiger partial charge >= 0.3 is 0 Å². The van der Waals surface area contributed by atoms with Crippen LogP contribution in [0.1, 0.15) is 64.2 Å². The van der Waals surface area contributed by atoms with Crippen molar-refractivity contribution in [1.29, 1.82) is 0 Å². The van der Waals surface area contributed by atoms with Crippen LogP contribution < -0.4 is 0 Å². The molecule has 154 valence electrons. The molecule has 27 heavy (non-hydrogen) atoms. The average Bonchev–Trinajstić information content (AvgIpc) is 3.05. The Balaban J connectivity index is 1.08. The van der Waals surface area contributed by atoms with Crippen LogP contribution in [0.25, 0.3) is 0 Å². The van der Waals surface area contributed by atoms with E-state index in [0.29, 0.717) is 6.04 Å². The number of alkyl halides is 1. The minimum atomic E-state index is -0.0434. The van der Waals surface area contributed by atoms with E-state index in [4.69, 9.17) is 16.3 Å². The number of nitrogens with zero attached hydrogens (tertiary/aromatic N) is 4. The standard InChI is InChI=1S/C21H37ClN4O/c22-20-19-10-4-5-12-26(19)23-21(20)27-17-7-6-11-24-13-15-25(16-14-24)18-8-2-1-3-9-18/h18-20H,1-17H2. The van der Waals surface area contributed by atoms with Gasteiger partial charge < -0.3 is 9.64 Å². The maximum atomic E-state index is 6.55. The number of hydrogen-bond donors (Lipinski definition) is 0. The van der Waals surface area contributed by atoms with Gasteiger partial charge in [-0.3, -0.25) is 9.91 Å². The number of fused-ring (bicyclic) bond motifs is 1. The van der Waals surface area contributed by atoms with E-state index in [1.807, 2.05) is 0 Å². The van der Waals surface area contributed by atoms with Crippen molar-refractivity contribution in [3.05, 3.63) is 0 Å². The van der Waals surface area contributed by atoms with Crippen LogP contribution >= 0.6 is 11.6 Å². The van der Waals surface area contributed by atoms with Crippen LogP contribution in [0.2, 0.25) is 0 Å².